The molecule has 1 amide bonds. The zero-order chi connectivity index (χ0) is 13.8. The number of nitrogens with one attached hydrogen (secondary N) is 1. The van der Waals surface area contributed by atoms with Gasteiger partial charge in [-0.15, -0.1) is 0 Å². The fraction of sp³-hybridized carbons (Fsp3) is 0.529. The molecule has 0 bridgehead atoms. The van der Waals surface area contributed by atoms with E-state index in [9.17, 15) is 4.79 Å². The number of aryl methyl sites for hydroxylation is 1. The van der Waals surface area contributed by atoms with Crippen LogP contribution < -0.4 is 5.43 Å². The highest BCUT2D eigenvalue weighted by Gasteiger charge is 2.21. The molecule has 0 radical (unpaired) electrons. The number of fused-ring (bicyclic) bond motifs is 1. The monoisotopic (exact) mass is 270 g/mol. The Morgan fingerprint density at radius 3 is 2.60 bits per heavy atom. The van der Waals surface area contributed by atoms with E-state index in [4.69, 9.17) is 0 Å². The van der Waals surface area contributed by atoms with Gasteiger partial charge >= 0.3 is 0 Å². The normalized spacial score (nSPS) is 21.5. The predicted octanol–water partition coefficient (Wildman–Crippen LogP) is 3.23. The van der Waals surface area contributed by atoms with Crippen molar-refractivity contribution < 1.29 is 4.79 Å². The van der Waals surface area contributed by atoms with Gasteiger partial charge in [0.2, 0.25) is 5.91 Å². The van der Waals surface area contributed by atoms with Crippen LogP contribution in [0.1, 0.15) is 49.7 Å². The Hall–Kier alpha value is -1.64. The molecule has 0 saturated heterocycles. The van der Waals surface area contributed by atoms with Gasteiger partial charge in [-0.2, -0.15) is 5.10 Å². The SMILES string of the molecule is O=C(N/N=C1/CCc2ccccc2C1)C1CCCCC1. The van der Waals surface area contributed by atoms with Crippen molar-refractivity contribution in [1.29, 1.82) is 0 Å². The second kappa shape index (κ2) is 6.21. The molecule has 0 heterocycles. The molecule has 0 unspecified atom stereocenters. The van der Waals surface area contributed by atoms with Crippen LogP contribution in [0.15, 0.2) is 29.4 Å². The van der Waals surface area contributed by atoms with Crippen molar-refractivity contribution in [3.05, 3.63) is 35.4 Å². The van der Waals surface area contributed by atoms with Crippen molar-refractivity contribution in [3.8, 4) is 0 Å². The highest BCUT2D eigenvalue weighted by atomic mass is 16.2. The summed E-state index contributed by atoms with van der Waals surface area (Å²) in [6.07, 6.45) is 8.57. The van der Waals surface area contributed by atoms with Crippen molar-refractivity contribution >= 4 is 11.6 Å². The summed E-state index contributed by atoms with van der Waals surface area (Å²) in [5.74, 6) is 0.306. The summed E-state index contributed by atoms with van der Waals surface area (Å²) in [6, 6.07) is 8.51. The summed E-state index contributed by atoms with van der Waals surface area (Å²) in [6.45, 7) is 0. The Bertz CT molecular complexity index is 515. The first-order valence-corrected chi connectivity index (χ1v) is 7.75. The number of hydrazone groups is 1. The second-order valence-corrected chi connectivity index (χ2v) is 5.93. The van der Waals surface area contributed by atoms with Gasteiger partial charge in [-0.25, -0.2) is 5.43 Å². The molecule has 0 aromatic heterocycles. The molecular formula is C17H22N2O. The van der Waals surface area contributed by atoms with Gasteiger partial charge in [0.1, 0.15) is 0 Å². The van der Waals surface area contributed by atoms with Gasteiger partial charge in [-0.3, -0.25) is 4.79 Å². The van der Waals surface area contributed by atoms with Crippen LogP contribution in [0.5, 0.6) is 0 Å². The van der Waals surface area contributed by atoms with Gasteiger partial charge < -0.3 is 0 Å². The standard InChI is InChI=1S/C17H22N2O/c20-17(14-7-2-1-3-8-14)19-18-16-11-10-13-6-4-5-9-15(13)12-16/h4-6,9,14H,1-3,7-8,10-12H2,(H,19,20)/b18-16-. The maximum Gasteiger partial charge on any atom is 0.243 e. The minimum absolute atomic E-state index is 0.121. The molecule has 3 heteroatoms. The molecule has 20 heavy (non-hydrogen) atoms. The number of nitrogens with zero attached hydrogens (tertiary/aromatic N) is 1. The van der Waals surface area contributed by atoms with Crippen LogP contribution >= 0.6 is 0 Å². The fourth-order valence-electron chi connectivity index (χ4n) is 3.25. The van der Waals surface area contributed by atoms with E-state index in [0.29, 0.717) is 0 Å². The first-order chi connectivity index (χ1) is 9.83. The minimum Gasteiger partial charge on any atom is -0.273 e. The molecule has 2 aliphatic carbocycles. The maximum atomic E-state index is 12.1. The first kappa shape index (κ1) is 13.3. The number of hydrogen-bond acceptors (Lipinski definition) is 2. The van der Waals surface area contributed by atoms with Gasteiger partial charge in [0.25, 0.3) is 0 Å². The van der Waals surface area contributed by atoms with E-state index in [0.717, 1.165) is 37.8 Å². The number of carbonyl (C=O) groups excluding carboxylic acids is 1. The highest BCUT2D eigenvalue weighted by Crippen LogP contribution is 2.24. The van der Waals surface area contributed by atoms with E-state index in [1.807, 2.05) is 0 Å². The summed E-state index contributed by atoms with van der Waals surface area (Å²) in [4.78, 5) is 12.1. The van der Waals surface area contributed by atoms with E-state index < -0.39 is 0 Å². The third kappa shape index (κ3) is 3.09. The van der Waals surface area contributed by atoms with Gasteiger partial charge in [0.05, 0.1) is 0 Å². The van der Waals surface area contributed by atoms with E-state index in [-0.39, 0.29) is 11.8 Å². The lowest BCUT2D eigenvalue weighted by atomic mass is 9.89. The molecule has 106 valence electrons. The van der Waals surface area contributed by atoms with Crippen LogP contribution in [0.2, 0.25) is 0 Å². The Balaban J connectivity index is 1.59. The average molecular weight is 270 g/mol. The van der Waals surface area contributed by atoms with Crippen LogP contribution in [-0.4, -0.2) is 11.6 Å². The summed E-state index contributed by atoms with van der Waals surface area (Å²) in [5.41, 5.74) is 6.68. The van der Waals surface area contributed by atoms with Crippen molar-refractivity contribution in [1.82, 2.24) is 5.43 Å². The molecule has 1 saturated carbocycles. The van der Waals surface area contributed by atoms with Crippen LogP contribution in [0.3, 0.4) is 0 Å². The first-order valence-electron chi connectivity index (χ1n) is 7.75. The van der Waals surface area contributed by atoms with Crippen LogP contribution in [-0.2, 0) is 17.6 Å². The molecule has 2 aliphatic rings. The number of carbonyl (C=O) groups is 1. The Labute approximate surface area is 120 Å². The third-order valence-corrected chi connectivity index (χ3v) is 4.50. The number of hydrogen-bond donors (Lipinski definition) is 1. The highest BCUT2D eigenvalue weighted by molar-refractivity contribution is 5.90. The van der Waals surface area contributed by atoms with Gasteiger partial charge in [-0.1, -0.05) is 43.5 Å². The predicted molar refractivity (Wildman–Crippen MR) is 80.6 cm³/mol. The molecule has 1 aromatic carbocycles. The molecule has 3 rings (SSSR count). The number of rotatable bonds is 2. The number of amides is 1. The quantitative estimate of drug-likeness (QED) is 0.824. The summed E-state index contributed by atoms with van der Waals surface area (Å²) < 4.78 is 0. The lowest BCUT2D eigenvalue weighted by Gasteiger charge is -2.20. The Morgan fingerprint density at radius 1 is 1.05 bits per heavy atom. The summed E-state index contributed by atoms with van der Waals surface area (Å²) in [5, 5.41) is 4.37. The zero-order valence-electron chi connectivity index (χ0n) is 11.9. The molecule has 1 aromatic rings. The van der Waals surface area contributed by atoms with Crippen molar-refractivity contribution in [2.24, 2.45) is 11.0 Å². The summed E-state index contributed by atoms with van der Waals surface area (Å²) in [7, 11) is 0. The Kier molecular flexibility index (Phi) is 4.14. The number of benzene rings is 1. The molecule has 0 atom stereocenters. The summed E-state index contributed by atoms with van der Waals surface area (Å²) >= 11 is 0. The fourth-order valence-corrected chi connectivity index (χ4v) is 3.25. The third-order valence-electron chi connectivity index (χ3n) is 4.50. The Morgan fingerprint density at radius 2 is 1.80 bits per heavy atom. The second-order valence-electron chi connectivity index (χ2n) is 5.93. The zero-order valence-corrected chi connectivity index (χ0v) is 11.9. The van der Waals surface area contributed by atoms with Crippen LogP contribution in [0.4, 0.5) is 0 Å². The van der Waals surface area contributed by atoms with E-state index >= 15 is 0 Å². The molecule has 1 fully saturated rings. The van der Waals surface area contributed by atoms with E-state index in [1.165, 1.54) is 30.4 Å². The van der Waals surface area contributed by atoms with Crippen LogP contribution in [0.25, 0.3) is 0 Å². The molecular weight excluding hydrogens is 248 g/mol. The van der Waals surface area contributed by atoms with E-state index in [2.05, 4.69) is 34.8 Å². The molecule has 0 spiro atoms. The van der Waals surface area contributed by atoms with Crippen molar-refractivity contribution in [2.45, 2.75) is 51.4 Å². The van der Waals surface area contributed by atoms with E-state index in [1.54, 1.807) is 0 Å². The van der Waals surface area contributed by atoms with Gasteiger partial charge in [-0.05, 0) is 36.8 Å². The van der Waals surface area contributed by atoms with Crippen molar-refractivity contribution in [3.63, 3.8) is 0 Å². The smallest absolute Gasteiger partial charge is 0.243 e. The topological polar surface area (TPSA) is 41.5 Å². The lowest BCUT2D eigenvalue weighted by molar-refractivity contribution is -0.125. The maximum absolute atomic E-state index is 12.1. The van der Waals surface area contributed by atoms with Crippen molar-refractivity contribution in [2.75, 3.05) is 0 Å². The average Bonchev–Trinajstić information content (AvgIpc) is 2.53. The lowest BCUT2D eigenvalue weighted by Crippen LogP contribution is -2.30. The molecule has 1 N–H and O–H groups in total. The van der Waals surface area contributed by atoms with Crippen LogP contribution in [0, 0.1) is 5.92 Å². The molecule has 0 aliphatic heterocycles. The molecule has 3 nitrogen and oxygen atoms in total. The largest absolute Gasteiger partial charge is 0.273 e. The van der Waals surface area contributed by atoms with Gasteiger partial charge in [0.15, 0.2) is 0 Å². The minimum atomic E-state index is 0.121. The van der Waals surface area contributed by atoms with Gasteiger partial charge in [0, 0.05) is 18.1 Å².